The van der Waals surface area contributed by atoms with Gasteiger partial charge >= 0.3 is 0 Å². The number of carbonyl (C=O) groups is 1. The number of aromatic nitrogens is 2. The molecule has 1 fully saturated rings. The number of hydrogen-bond acceptors (Lipinski definition) is 2. The quantitative estimate of drug-likeness (QED) is 0.755. The number of hydrogen-bond donors (Lipinski definition) is 2. The Labute approximate surface area is 134 Å². The van der Waals surface area contributed by atoms with E-state index in [1.165, 1.54) is 5.56 Å². The standard InChI is InChI=1S/C19H19N3O/c23-19(14-8-4-5-9-14)20-18-16-11-10-15(12-17(16)21-22-18)13-6-2-1-3-7-13/h1-3,6-7,10-12,14H,4-5,8-9H2,(H2,20,21,22,23). The number of nitrogens with one attached hydrogen (secondary N) is 2. The number of fused-ring (bicyclic) bond motifs is 1. The SMILES string of the molecule is O=C(Nc1n[nH]c2cc(-c3ccccc3)ccc12)C1CCCC1. The van der Waals surface area contributed by atoms with E-state index in [-0.39, 0.29) is 11.8 Å². The molecular weight excluding hydrogens is 286 g/mol. The molecule has 1 aliphatic rings. The summed E-state index contributed by atoms with van der Waals surface area (Å²) in [4.78, 5) is 12.3. The van der Waals surface area contributed by atoms with Crippen LogP contribution >= 0.6 is 0 Å². The van der Waals surface area contributed by atoms with Gasteiger partial charge in [0.15, 0.2) is 5.82 Å². The minimum Gasteiger partial charge on any atom is -0.308 e. The first-order valence-corrected chi connectivity index (χ1v) is 8.16. The van der Waals surface area contributed by atoms with Crippen molar-refractivity contribution in [3.05, 3.63) is 48.5 Å². The normalized spacial score (nSPS) is 15.1. The molecule has 116 valence electrons. The average molecular weight is 305 g/mol. The van der Waals surface area contributed by atoms with Crippen LogP contribution in [-0.4, -0.2) is 16.1 Å². The molecule has 0 unspecified atom stereocenters. The molecule has 23 heavy (non-hydrogen) atoms. The Hall–Kier alpha value is -2.62. The molecular formula is C19H19N3O. The van der Waals surface area contributed by atoms with Crippen molar-refractivity contribution >= 4 is 22.6 Å². The zero-order valence-electron chi connectivity index (χ0n) is 12.9. The summed E-state index contributed by atoms with van der Waals surface area (Å²) in [5, 5.41) is 11.3. The summed E-state index contributed by atoms with van der Waals surface area (Å²) in [5.41, 5.74) is 3.24. The Morgan fingerprint density at radius 3 is 2.61 bits per heavy atom. The molecule has 1 amide bonds. The summed E-state index contributed by atoms with van der Waals surface area (Å²) < 4.78 is 0. The van der Waals surface area contributed by atoms with Crippen LogP contribution in [0, 0.1) is 5.92 Å². The van der Waals surface area contributed by atoms with Crippen molar-refractivity contribution in [3.63, 3.8) is 0 Å². The van der Waals surface area contributed by atoms with E-state index in [2.05, 4.69) is 39.8 Å². The topological polar surface area (TPSA) is 57.8 Å². The van der Waals surface area contributed by atoms with Crippen LogP contribution in [0.4, 0.5) is 5.82 Å². The minimum absolute atomic E-state index is 0.100. The Bertz CT molecular complexity index is 832. The van der Waals surface area contributed by atoms with Crippen molar-refractivity contribution in [1.82, 2.24) is 10.2 Å². The number of aromatic amines is 1. The van der Waals surface area contributed by atoms with Gasteiger partial charge in [0.2, 0.25) is 5.91 Å². The molecule has 0 aliphatic heterocycles. The molecule has 1 saturated carbocycles. The molecule has 1 aromatic heterocycles. The molecule has 0 radical (unpaired) electrons. The molecule has 3 aromatic rings. The average Bonchev–Trinajstić information content (AvgIpc) is 3.25. The van der Waals surface area contributed by atoms with Crippen LogP contribution in [0.15, 0.2) is 48.5 Å². The van der Waals surface area contributed by atoms with Gasteiger partial charge in [-0.15, -0.1) is 0 Å². The van der Waals surface area contributed by atoms with Crippen molar-refractivity contribution in [1.29, 1.82) is 0 Å². The van der Waals surface area contributed by atoms with E-state index >= 15 is 0 Å². The van der Waals surface area contributed by atoms with Gasteiger partial charge in [-0.2, -0.15) is 5.10 Å². The lowest BCUT2D eigenvalue weighted by atomic mass is 10.0. The number of benzene rings is 2. The van der Waals surface area contributed by atoms with Crippen LogP contribution in [0.3, 0.4) is 0 Å². The van der Waals surface area contributed by atoms with E-state index in [9.17, 15) is 4.79 Å². The van der Waals surface area contributed by atoms with Gasteiger partial charge in [-0.3, -0.25) is 9.89 Å². The number of anilines is 1. The second kappa shape index (κ2) is 5.88. The molecule has 1 aliphatic carbocycles. The monoisotopic (exact) mass is 305 g/mol. The van der Waals surface area contributed by atoms with Crippen LogP contribution in [0.25, 0.3) is 22.0 Å². The van der Waals surface area contributed by atoms with Crippen molar-refractivity contribution in [3.8, 4) is 11.1 Å². The van der Waals surface area contributed by atoms with Crippen LogP contribution in [-0.2, 0) is 4.79 Å². The molecule has 2 aromatic carbocycles. The highest BCUT2D eigenvalue weighted by molar-refractivity contribution is 6.01. The Morgan fingerprint density at radius 2 is 1.83 bits per heavy atom. The lowest BCUT2D eigenvalue weighted by molar-refractivity contribution is -0.119. The predicted octanol–water partition coefficient (Wildman–Crippen LogP) is 4.36. The Balaban J connectivity index is 1.61. The molecule has 1 heterocycles. The fourth-order valence-electron chi connectivity index (χ4n) is 3.33. The summed E-state index contributed by atoms with van der Waals surface area (Å²) in [5.74, 6) is 0.880. The van der Waals surface area contributed by atoms with E-state index in [4.69, 9.17) is 0 Å². The first kappa shape index (κ1) is 14.0. The third-order valence-electron chi connectivity index (χ3n) is 4.64. The van der Waals surface area contributed by atoms with Gasteiger partial charge in [-0.25, -0.2) is 0 Å². The lowest BCUT2D eigenvalue weighted by Gasteiger charge is -2.08. The van der Waals surface area contributed by atoms with Crippen LogP contribution in [0.1, 0.15) is 25.7 Å². The number of carbonyl (C=O) groups excluding carboxylic acids is 1. The summed E-state index contributed by atoms with van der Waals surface area (Å²) in [6, 6.07) is 16.4. The number of H-pyrrole nitrogens is 1. The highest BCUT2D eigenvalue weighted by Gasteiger charge is 2.23. The van der Waals surface area contributed by atoms with Gasteiger partial charge in [-0.1, -0.05) is 49.2 Å². The van der Waals surface area contributed by atoms with Gasteiger partial charge in [0.25, 0.3) is 0 Å². The maximum atomic E-state index is 12.3. The highest BCUT2D eigenvalue weighted by atomic mass is 16.2. The minimum atomic E-state index is 0.100. The number of amides is 1. The second-order valence-electron chi connectivity index (χ2n) is 6.17. The van der Waals surface area contributed by atoms with E-state index in [0.29, 0.717) is 5.82 Å². The van der Waals surface area contributed by atoms with Crippen LogP contribution < -0.4 is 5.32 Å². The summed E-state index contributed by atoms with van der Waals surface area (Å²) in [7, 11) is 0. The van der Waals surface area contributed by atoms with E-state index in [1.54, 1.807) is 0 Å². The van der Waals surface area contributed by atoms with E-state index < -0.39 is 0 Å². The van der Waals surface area contributed by atoms with Crippen molar-refractivity contribution < 1.29 is 4.79 Å². The molecule has 4 nitrogen and oxygen atoms in total. The van der Waals surface area contributed by atoms with Crippen molar-refractivity contribution in [2.75, 3.05) is 5.32 Å². The summed E-state index contributed by atoms with van der Waals surface area (Å²) >= 11 is 0. The van der Waals surface area contributed by atoms with E-state index in [0.717, 1.165) is 42.1 Å². The summed E-state index contributed by atoms with van der Waals surface area (Å²) in [6.45, 7) is 0. The van der Waals surface area contributed by atoms with Gasteiger partial charge in [0.05, 0.1) is 5.52 Å². The number of rotatable bonds is 3. The van der Waals surface area contributed by atoms with Gasteiger partial charge in [-0.05, 0) is 36.1 Å². The molecule has 0 spiro atoms. The second-order valence-corrected chi connectivity index (χ2v) is 6.17. The number of nitrogens with zero attached hydrogens (tertiary/aromatic N) is 1. The fraction of sp³-hybridized carbons (Fsp3) is 0.263. The van der Waals surface area contributed by atoms with Crippen LogP contribution in [0.2, 0.25) is 0 Å². The van der Waals surface area contributed by atoms with Crippen molar-refractivity contribution in [2.24, 2.45) is 5.92 Å². The third kappa shape index (κ3) is 2.72. The third-order valence-corrected chi connectivity index (χ3v) is 4.64. The van der Waals surface area contributed by atoms with Gasteiger partial charge in [0, 0.05) is 11.3 Å². The fourth-order valence-corrected chi connectivity index (χ4v) is 3.33. The zero-order valence-corrected chi connectivity index (χ0v) is 12.9. The lowest BCUT2D eigenvalue weighted by Crippen LogP contribution is -2.20. The molecule has 0 saturated heterocycles. The maximum Gasteiger partial charge on any atom is 0.228 e. The van der Waals surface area contributed by atoms with Crippen LogP contribution in [0.5, 0.6) is 0 Å². The molecule has 0 atom stereocenters. The maximum absolute atomic E-state index is 12.3. The molecule has 4 heteroatoms. The Kier molecular flexibility index (Phi) is 3.58. The molecule has 2 N–H and O–H groups in total. The first-order chi connectivity index (χ1) is 11.3. The Morgan fingerprint density at radius 1 is 1.04 bits per heavy atom. The predicted molar refractivity (Wildman–Crippen MR) is 92.1 cm³/mol. The molecule has 0 bridgehead atoms. The van der Waals surface area contributed by atoms with Gasteiger partial charge in [0.1, 0.15) is 0 Å². The van der Waals surface area contributed by atoms with Crippen molar-refractivity contribution in [2.45, 2.75) is 25.7 Å². The highest BCUT2D eigenvalue weighted by Crippen LogP contribution is 2.29. The first-order valence-electron chi connectivity index (χ1n) is 8.16. The largest absolute Gasteiger partial charge is 0.308 e. The molecule has 4 rings (SSSR count). The summed E-state index contributed by atoms with van der Waals surface area (Å²) in [6.07, 6.45) is 4.29. The smallest absolute Gasteiger partial charge is 0.228 e. The van der Waals surface area contributed by atoms with Gasteiger partial charge < -0.3 is 5.32 Å². The zero-order chi connectivity index (χ0) is 15.6. The van der Waals surface area contributed by atoms with E-state index in [1.807, 2.05) is 24.3 Å².